The molecule has 2 N–H and O–H groups in total. The van der Waals surface area contributed by atoms with Crippen LogP contribution in [0, 0.1) is 0 Å². The van der Waals surface area contributed by atoms with E-state index in [4.69, 9.17) is 4.55 Å². The molecule has 1 aromatic carbocycles. The Morgan fingerprint density at radius 2 is 1.94 bits per heavy atom. The Hall–Kier alpha value is -1.93. The Labute approximate surface area is 97.9 Å². The lowest BCUT2D eigenvalue weighted by molar-refractivity contribution is 0.474. The van der Waals surface area contributed by atoms with Crippen LogP contribution in [0.3, 0.4) is 0 Å². The zero-order valence-corrected chi connectivity index (χ0v) is 9.72. The molecule has 0 spiro atoms. The highest BCUT2D eigenvalue weighted by atomic mass is 32.2. The second-order valence-electron chi connectivity index (χ2n) is 3.19. The summed E-state index contributed by atoms with van der Waals surface area (Å²) in [5.41, 5.74) is 0.638. The van der Waals surface area contributed by atoms with Crippen molar-refractivity contribution < 1.29 is 13.0 Å². The molecule has 0 saturated heterocycles. The van der Waals surface area contributed by atoms with Gasteiger partial charge in [-0.3, -0.25) is 4.55 Å². The molecule has 0 saturated carbocycles. The van der Waals surface area contributed by atoms with Crippen LogP contribution in [-0.4, -0.2) is 34.8 Å². The molecular weight excluding hydrogens is 244 g/mol. The lowest BCUT2D eigenvalue weighted by atomic mass is 10.3. The molecule has 2 rings (SSSR count). The van der Waals surface area contributed by atoms with E-state index < -0.39 is 15.3 Å². The molecule has 17 heavy (non-hydrogen) atoms. The maximum atomic E-state index is 10.9. The van der Waals surface area contributed by atoms with Crippen molar-refractivity contribution >= 4 is 16.1 Å². The van der Waals surface area contributed by atoms with Gasteiger partial charge in [0.15, 0.2) is 0 Å². The Balaban J connectivity index is 2.59. The Kier molecular flexibility index (Phi) is 2.82. The average Bonchev–Trinajstić information content (AvgIpc) is 2.73. The van der Waals surface area contributed by atoms with E-state index in [1.54, 1.807) is 31.3 Å². The van der Waals surface area contributed by atoms with Gasteiger partial charge in [0.1, 0.15) is 0 Å². The molecule has 0 radical (unpaired) electrons. The van der Waals surface area contributed by atoms with E-state index in [1.807, 2.05) is 6.07 Å². The molecule has 0 amide bonds. The zero-order valence-electron chi connectivity index (χ0n) is 8.90. The van der Waals surface area contributed by atoms with Crippen molar-refractivity contribution in [2.45, 2.75) is 5.16 Å². The largest absolute Gasteiger partial charge is 0.357 e. The van der Waals surface area contributed by atoms with Gasteiger partial charge in [0.05, 0.1) is 5.69 Å². The highest BCUT2D eigenvalue weighted by molar-refractivity contribution is 7.85. The lowest BCUT2D eigenvalue weighted by Gasteiger charge is -2.03. The van der Waals surface area contributed by atoms with E-state index >= 15 is 0 Å². The summed E-state index contributed by atoms with van der Waals surface area (Å²) in [7, 11) is -2.83. The molecule has 0 aliphatic heterocycles. The summed E-state index contributed by atoms with van der Waals surface area (Å²) < 4.78 is 32.0. The van der Waals surface area contributed by atoms with E-state index in [0.29, 0.717) is 5.69 Å². The lowest BCUT2D eigenvalue weighted by Crippen LogP contribution is -2.03. The van der Waals surface area contributed by atoms with Gasteiger partial charge in [-0.1, -0.05) is 18.2 Å². The van der Waals surface area contributed by atoms with Gasteiger partial charge in [-0.2, -0.15) is 18.1 Å². The maximum absolute atomic E-state index is 10.9. The fourth-order valence-electron chi connectivity index (χ4n) is 1.31. The summed E-state index contributed by atoms with van der Waals surface area (Å²) in [6.07, 6.45) is 0. The predicted molar refractivity (Wildman–Crippen MR) is 60.7 cm³/mol. The van der Waals surface area contributed by atoms with Crippen molar-refractivity contribution in [2.75, 3.05) is 12.4 Å². The van der Waals surface area contributed by atoms with Crippen LogP contribution < -0.4 is 5.32 Å². The number of anilines is 1. The molecule has 0 aliphatic rings. The minimum atomic E-state index is -4.41. The quantitative estimate of drug-likeness (QED) is 0.776. The maximum Gasteiger partial charge on any atom is 0.332 e. The summed E-state index contributed by atoms with van der Waals surface area (Å²) in [5.74, 6) is 0.226. The Bertz CT molecular complexity index is 621. The second-order valence-corrected chi connectivity index (χ2v) is 4.51. The second kappa shape index (κ2) is 4.15. The molecular formula is C9H10N4O3S. The van der Waals surface area contributed by atoms with E-state index in [1.165, 1.54) is 4.68 Å². The fraction of sp³-hybridized carbons (Fsp3) is 0.111. The number of aromatic nitrogens is 3. The van der Waals surface area contributed by atoms with E-state index in [9.17, 15) is 8.42 Å². The summed E-state index contributed by atoms with van der Waals surface area (Å²) >= 11 is 0. The van der Waals surface area contributed by atoms with Crippen LogP contribution in [0.2, 0.25) is 0 Å². The minimum absolute atomic E-state index is 0.226. The van der Waals surface area contributed by atoms with Gasteiger partial charge in [-0.05, 0) is 12.1 Å². The van der Waals surface area contributed by atoms with Crippen LogP contribution in [0.5, 0.6) is 0 Å². The summed E-state index contributed by atoms with van der Waals surface area (Å²) in [6, 6.07) is 8.86. The number of nitrogens with zero attached hydrogens (tertiary/aromatic N) is 3. The number of hydrogen-bond donors (Lipinski definition) is 2. The van der Waals surface area contributed by atoms with Crippen LogP contribution in [-0.2, 0) is 10.1 Å². The summed E-state index contributed by atoms with van der Waals surface area (Å²) in [4.78, 5) is 3.68. The first kappa shape index (κ1) is 11.6. The molecule has 0 atom stereocenters. The first-order valence-corrected chi connectivity index (χ1v) is 6.14. The minimum Gasteiger partial charge on any atom is -0.357 e. The van der Waals surface area contributed by atoms with E-state index in [0.717, 1.165) is 0 Å². The van der Waals surface area contributed by atoms with Gasteiger partial charge in [-0.15, -0.1) is 5.10 Å². The summed E-state index contributed by atoms with van der Waals surface area (Å²) in [5, 5.41) is 5.79. The third kappa shape index (κ3) is 2.27. The van der Waals surface area contributed by atoms with Gasteiger partial charge in [0.25, 0.3) is 5.16 Å². The topological polar surface area (TPSA) is 97.1 Å². The molecule has 1 heterocycles. The molecule has 0 aliphatic carbocycles. The van der Waals surface area contributed by atoms with Gasteiger partial charge >= 0.3 is 10.1 Å². The number of hydrogen-bond acceptors (Lipinski definition) is 5. The Morgan fingerprint density at radius 1 is 1.29 bits per heavy atom. The predicted octanol–water partition coefficient (Wildman–Crippen LogP) is 0.556. The molecule has 8 heteroatoms. The highest BCUT2D eigenvalue weighted by Gasteiger charge is 2.19. The molecule has 0 unspecified atom stereocenters. The average molecular weight is 254 g/mol. The van der Waals surface area contributed by atoms with Crippen LogP contribution in [0.15, 0.2) is 35.5 Å². The van der Waals surface area contributed by atoms with Crippen molar-refractivity contribution in [1.82, 2.24) is 14.8 Å². The fourth-order valence-corrected chi connectivity index (χ4v) is 1.70. The standard InChI is InChI=1S/C9H10N4O3S/c1-10-8-11-9(17(14,15)16)12-13(8)7-5-3-2-4-6-7/h2-6H,1H3,(H,10,11,12)(H,14,15,16). The van der Waals surface area contributed by atoms with Gasteiger partial charge < -0.3 is 5.32 Å². The summed E-state index contributed by atoms with van der Waals surface area (Å²) in [6.45, 7) is 0. The van der Waals surface area contributed by atoms with Crippen molar-refractivity contribution in [3.63, 3.8) is 0 Å². The van der Waals surface area contributed by atoms with Crippen LogP contribution in [0.25, 0.3) is 5.69 Å². The van der Waals surface area contributed by atoms with Crippen molar-refractivity contribution in [2.24, 2.45) is 0 Å². The molecule has 2 aromatic rings. The normalized spacial score (nSPS) is 11.4. The van der Waals surface area contributed by atoms with Crippen molar-refractivity contribution in [3.05, 3.63) is 30.3 Å². The molecule has 90 valence electrons. The first-order valence-electron chi connectivity index (χ1n) is 4.70. The number of rotatable bonds is 3. The van der Waals surface area contributed by atoms with E-state index in [2.05, 4.69) is 15.4 Å². The third-order valence-corrected chi connectivity index (χ3v) is 2.68. The van der Waals surface area contributed by atoms with Crippen LogP contribution in [0.4, 0.5) is 5.95 Å². The first-order chi connectivity index (χ1) is 8.02. The van der Waals surface area contributed by atoms with Crippen molar-refractivity contribution in [3.8, 4) is 5.69 Å². The molecule has 0 bridgehead atoms. The SMILES string of the molecule is CNc1nc(S(=O)(=O)O)nn1-c1ccccc1. The monoisotopic (exact) mass is 254 g/mol. The third-order valence-electron chi connectivity index (χ3n) is 2.04. The number of nitrogens with one attached hydrogen (secondary N) is 1. The van der Waals surface area contributed by atoms with Crippen LogP contribution >= 0.6 is 0 Å². The zero-order chi connectivity index (χ0) is 12.5. The van der Waals surface area contributed by atoms with E-state index in [-0.39, 0.29) is 5.95 Å². The van der Waals surface area contributed by atoms with Crippen molar-refractivity contribution in [1.29, 1.82) is 0 Å². The van der Waals surface area contributed by atoms with Gasteiger partial charge in [0.2, 0.25) is 5.95 Å². The highest BCUT2D eigenvalue weighted by Crippen LogP contribution is 2.15. The van der Waals surface area contributed by atoms with Gasteiger partial charge in [-0.25, -0.2) is 0 Å². The molecule has 1 aromatic heterocycles. The smallest absolute Gasteiger partial charge is 0.332 e. The molecule has 7 nitrogen and oxygen atoms in total. The number of benzene rings is 1. The number of para-hydroxylation sites is 1. The van der Waals surface area contributed by atoms with Gasteiger partial charge in [0, 0.05) is 7.05 Å². The Morgan fingerprint density at radius 3 is 2.47 bits per heavy atom. The van der Waals surface area contributed by atoms with Crippen LogP contribution in [0.1, 0.15) is 0 Å². The molecule has 0 fully saturated rings.